The maximum Gasteiger partial charge on any atom is 0.105 e. The van der Waals surface area contributed by atoms with Gasteiger partial charge in [-0.15, -0.1) is 0 Å². The molecule has 1 aliphatic heterocycles. The Morgan fingerprint density at radius 2 is 2.33 bits per heavy atom. The molecule has 0 aromatic rings. The second-order valence-electron chi connectivity index (χ2n) is 4.75. The van der Waals surface area contributed by atoms with Gasteiger partial charge in [-0.3, -0.25) is 5.32 Å². The summed E-state index contributed by atoms with van der Waals surface area (Å²) in [5.74, 6) is 0. The van der Waals surface area contributed by atoms with Crippen LogP contribution in [0.25, 0.3) is 0 Å². The molecule has 1 heterocycles. The summed E-state index contributed by atoms with van der Waals surface area (Å²) in [6.45, 7) is 9.43. The highest BCUT2D eigenvalue weighted by Gasteiger charge is 2.26. The number of nitrogens with one attached hydrogen (secondary N) is 1. The van der Waals surface area contributed by atoms with Gasteiger partial charge in [0.2, 0.25) is 0 Å². The normalized spacial score (nSPS) is 26.1. The molecule has 1 N–H and O–H groups in total. The van der Waals surface area contributed by atoms with Crippen LogP contribution < -0.4 is 5.32 Å². The maximum absolute atomic E-state index is 9.13. The highest BCUT2D eigenvalue weighted by Crippen LogP contribution is 2.18. The molecule has 2 atom stereocenters. The number of likely N-dealkylation sites (tertiary alicyclic amines) is 1. The third kappa shape index (κ3) is 3.48. The third-order valence-electron chi connectivity index (χ3n) is 3.40. The fraction of sp³-hybridized carbons (Fsp3) is 0.917. The van der Waals surface area contributed by atoms with Crippen molar-refractivity contribution in [2.24, 2.45) is 0 Å². The molecule has 1 aliphatic rings. The van der Waals surface area contributed by atoms with Crippen LogP contribution in [-0.2, 0) is 0 Å². The number of nitriles is 1. The molecule has 3 nitrogen and oxygen atoms in total. The lowest BCUT2D eigenvalue weighted by Crippen LogP contribution is -2.44. The molecule has 0 amide bonds. The van der Waals surface area contributed by atoms with Crippen LogP contribution in [0.5, 0.6) is 0 Å². The predicted molar refractivity (Wildman–Crippen MR) is 62.6 cm³/mol. The molecular formula is C12H23N3. The molecule has 1 saturated heterocycles. The molecule has 15 heavy (non-hydrogen) atoms. The van der Waals surface area contributed by atoms with Crippen molar-refractivity contribution < 1.29 is 0 Å². The van der Waals surface area contributed by atoms with E-state index in [0.29, 0.717) is 6.04 Å². The van der Waals surface area contributed by atoms with E-state index in [1.54, 1.807) is 0 Å². The van der Waals surface area contributed by atoms with Gasteiger partial charge in [-0.1, -0.05) is 6.92 Å². The molecule has 0 spiro atoms. The minimum absolute atomic E-state index is 0.350. The summed E-state index contributed by atoms with van der Waals surface area (Å²) in [7, 11) is 0. The first-order valence-corrected chi connectivity index (χ1v) is 6.01. The van der Waals surface area contributed by atoms with E-state index in [4.69, 9.17) is 5.26 Å². The van der Waals surface area contributed by atoms with E-state index in [1.165, 1.54) is 19.4 Å². The summed E-state index contributed by atoms with van der Waals surface area (Å²) in [6, 6.07) is 3.08. The predicted octanol–water partition coefficient (Wildman–Crippen LogP) is 1.75. The summed E-state index contributed by atoms with van der Waals surface area (Å²) in [4.78, 5) is 2.49. The van der Waals surface area contributed by atoms with Crippen LogP contribution >= 0.6 is 0 Å². The van der Waals surface area contributed by atoms with Gasteiger partial charge in [-0.25, -0.2) is 0 Å². The summed E-state index contributed by atoms with van der Waals surface area (Å²) in [5.41, 5.74) is -0.350. The molecule has 0 aromatic carbocycles. The van der Waals surface area contributed by atoms with Gasteiger partial charge < -0.3 is 4.90 Å². The maximum atomic E-state index is 9.13. The van der Waals surface area contributed by atoms with E-state index in [1.807, 2.05) is 13.8 Å². The summed E-state index contributed by atoms with van der Waals surface area (Å²) >= 11 is 0. The van der Waals surface area contributed by atoms with Crippen LogP contribution in [0.2, 0.25) is 0 Å². The minimum atomic E-state index is -0.350. The Labute approximate surface area is 93.5 Å². The first-order chi connectivity index (χ1) is 7.11. The number of rotatable bonds is 5. The molecule has 86 valence electrons. The zero-order valence-electron chi connectivity index (χ0n) is 10.2. The molecule has 0 bridgehead atoms. The van der Waals surface area contributed by atoms with Crippen molar-refractivity contribution in [3.05, 3.63) is 0 Å². The van der Waals surface area contributed by atoms with Gasteiger partial charge in [0.15, 0.2) is 0 Å². The fourth-order valence-electron chi connectivity index (χ4n) is 2.27. The van der Waals surface area contributed by atoms with Crippen molar-refractivity contribution in [2.75, 3.05) is 19.6 Å². The van der Waals surface area contributed by atoms with Gasteiger partial charge in [-0.2, -0.15) is 5.26 Å². The van der Waals surface area contributed by atoms with Crippen molar-refractivity contribution in [2.45, 2.75) is 51.6 Å². The Morgan fingerprint density at radius 3 is 2.80 bits per heavy atom. The zero-order chi connectivity index (χ0) is 11.3. The molecule has 0 aliphatic carbocycles. The number of hydrogen-bond donors (Lipinski definition) is 1. The van der Waals surface area contributed by atoms with Crippen LogP contribution in [-0.4, -0.2) is 36.1 Å². The minimum Gasteiger partial charge on any atom is -0.301 e. The largest absolute Gasteiger partial charge is 0.301 e. The average Bonchev–Trinajstić information content (AvgIpc) is 2.62. The van der Waals surface area contributed by atoms with Crippen molar-refractivity contribution >= 4 is 0 Å². The van der Waals surface area contributed by atoms with Crippen molar-refractivity contribution in [3.63, 3.8) is 0 Å². The third-order valence-corrected chi connectivity index (χ3v) is 3.40. The first-order valence-electron chi connectivity index (χ1n) is 6.01. The molecule has 0 radical (unpaired) electrons. The SMILES string of the molecule is CCNC(C)(C#N)CCN1CCCC1C. The monoisotopic (exact) mass is 209 g/mol. The Bertz CT molecular complexity index is 234. The molecule has 0 saturated carbocycles. The lowest BCUT2D eigenvalue weighted by atomic mass is 9.99. The lowest BCUT2D eigenvalue weighted by molar-refractivity contribution is 0.241. The Balaban J connectivity index is 2.37. The van der Waals surface area contributed by atoms with Gasteiger partial charge in [0.25, 0.3) is 0 Å². The highest BCUT2D eigenvalue weighted by atomic mass is 15.2. The van der Waals surface area contributed by atoms with Crippen LogP contribution in [0.3, 0.4) is 0 Å². The summed E-state index contributed by atoms with van der Waals surface area (Å²) in [5, 5.41) is 12.4. The summed E-state index contributed by atoms with van der Waals surface area (Å²) < 4.78 is 0. The van der Waals surface area contributed by atoms with E-state index >= 15 is 0 Å². The summed E-state index contributed by atoms with van der Waals surface area (Å²) in [6.07, 6.45) is 3.54. The Morgan fingerprint density at radius 1 is 1.60 bits per heavy atom. The van der Waals surface area contributed by atoms with E-state index in [-0.39, 0.29) is 5.54 Å². The highest BCUT2D eigenvalue weighted by molar-refractivity contribution is 5.04. The molecule has 0 aromatic heterocycles. The molecule has 3 heteroatoms. The molecule has 1 rings (SSSR count). The lowest BCUT2D eigenvalue weighted by Gasteiger charge is -2.27. The zero-order valence-corrected chi connectivity index (χ0v) is 10.2. The van der Waals surface area contributed by atoms with Crippen LogP contribution in [0.4, 0.5) is 0 Å². The standard InChI is InChI=1S/C12H23N3/c1-4-14-12(3,10-13)7-9-15-8-5-6-11(15)2/h11,14H,4-9H2,1-3H3. The van der Waals surface area contributed by atoms with E-state index in [0.717, 1.165) is 19.5 Å². The number of nitrogens with zero attached hydrogens (tertiary/aromatic N) is 2. The van der Waals surface area contributed by atoms with Gasteiger partial charge >= 0.3 is 0 Å². The number of hydrogen-bond acceptors (Lipinski definition) is 3. The van der Waals surface area contributed by atoms with E-state index in [9.17, 15) is 0 Å². The van der Waals surface area contributed by atoms with Crippen LogP contribution in [0.15, 0.2) is 0 Å². The topological polar surface area (TPSA) is 39.1 Å². The van der Waals surface area contributed by atoms with Gasteiger partial charge in [0.1, 0.15) is 5.54 Å². The fourth-order valence-corrected chi connectivity index (χ4v) is 2.27. The second kappa shape index (κ2) is 5.48. The second-order valence-corrected chi connectivity index (χ2v) is 4.75. The smallest absolute Gasteiger partial charge is 0.105 e. The molecule has 1 fully saturated rings. The van der Waals surface area contributed by atoms with Crippen molar-refractivity contribution in [3.8, 4) is 6.07 Å². The Kier molecular flexibility index (Phi) is 4.56. The molecular weight excluding hydrogens is 186 g/mol. The molecule has 2 unspecified atom stereocenters. The Hall–Kier alpha value is -0.590. The quantitative estimate of drug-likeness (QED) is 0.750. The van der Waals surface area contributed by atoms with Gasteiger partial charge in [0.05, 0.1) is 6.07 Å². The van der Waals surface area contributed by atoms with Crippen LogP contribution in [0, 0.1) is 11.3 Å². The van der Waals surface area contributed by atoms with Crippen molar-refractivity contribution in [1.82, 2.24) is 10.2 Å². The van der Waals surface area contributed by atoms with Crippen LogP contribution in [0.1, 0.15) is 40.0 Å². The van der Waals surface area contributed by atoms with Gasteiger partial charge in [-0.05, 0) is 46.2 Å². The first kappa shape index (κ1) is 12.5. The van der Waals surface area contributed by atoms with E-state index < -0.39 is 0 Å². The van der Waals surface area contributed by atoms with E-state index in [2.05, 4.69) is 23.2 Å². The average molecular weight is 209 g/mol. The van der Waals surface area contributed by atoms with Crippen molar-refractivity contribution in [1.29, 1.82) is 5.26 Å². The van der Waals surface area contributed by atoms with Gasteiger partial charge in [0, 0.05) is 12.6 Å².